The van der Waals surface area contributed by atoms with E-state index in [4.69, 9.17) is 10.00 Å². The molecule has 0 N–H and O–H groups in total. The summed E-state index contributed by atoms with van der Waals surface area (Å²) >= 11 is 1.23. The number of nitro groups is 1. The Hall–Kier alpha value is -2.20. The monoisotopic (exact) mass is 322 g/mol. The van der Waals surface area contributed by atoms with Gasteiger partial charge in [-0.25, -0.2) is 4.79 Å². The van der Waals surface area contributed by atoms with Gasteiger partial charge in [0.2, 0.25) is 0 Å². The summed E-state index contributed by atoms with van der Waals surface area (Å²) in [5.74, 6) is -0.719. The molecule has 0 amide bonds. The number of nitriles is 1. The molecule has 0 saturated carbocycles. The predicted octanol–water partition coefficient (Wildman–Crippen LogP) is 3.86. The zero-order valence-electron chi connectivity index (χ0n) is 12.8. The molecule has 0 radical (unpaired) electrons. The number of unbranched alkanes of at least 4 members (excludes halogenated alkanes) is 1. The largest absolute Gasteiger partial charge is 0.459 e. The average molecular weight is 322 g/mol. The van der Waals surface area contributed by atoms with E-state index in [1.807, 2.05) is 6.92 Å². The number of carbonyl (C=O) groups excluding carboxylic acids is 1. The first kappa shape index (κ1) is 17.9. The van der Waals surface area contributed by atoms with Crippen molar-refractivity contribution in [3.05, 3.63) is 31.5 Å². The van der Waals surface area contributed by atoms with Gasteiger partial charge < -0.3 is 4.74 Å². The van der Waals surface area contributed by atoms with E-state index in [0.29, 0.717) is 16.2 Å². The number of hydrogen-bond acceptors (Lipinski definition) is 6. The Kier molecular flexibility index (Phi) is 6.73. The minimum atomic E-state index is -0.719. The molecule has 0 spiro atoms. The molecule has 0 fully saturated rings. The fraction of sp³-hybridized carbons (Fsp3) is 0.467. The summed E-state index contributed by atoms with van der Waals surface area (Å²) in [6.07, 6.45) is 3.42. The molecule has 118 valence electrons. The Morgan fingerprint density at radius 3 is 2.77 bits per heavy atom. The van der Waals surface area contributed by atoms with E-state index in [1.165, 1.54) is 23.5 Å². The molecule has 22 heavy (non-hydrogen) atoms. The van der Waals surface area contributed by atoms with Gasteiger partial charge in [0.15, 0.2) is 0 Å². The minimum Gasteiger partial charge on any atom is -0.459 e. The summed E-state index contributed by atoms with van der Waals surface area (Å²) < 4.78 is 4.97. The van der Waals surface area contributed by atoms with Gasteiger partial charge >= 0.3 is 5.97 Å². The van der Waals surface area contributed by atoms with Crippen molar-refractivity contribution in [2.24, 2.45) is 0 Å². The molecule has 0 unspecified atom stereocenters. The van der Waals surface area contributed by atoms with Crippen LogP contribution in [-0.2, 0) is 16.0 Å². The average Bonchev–Trinajstić information content (AvgIpc) is 2.84. The van der Waals surface area contributed by atoms with Gasteiger partial charge in [0.25, 0.3) is 5.69 Å². The van der Waals surface area contributed by atoms with Gasteiger partial charge in [-0.15, -0.1) is 11.3 Å². The summed E-state index contributed by atoms with van der Waals surface area (Å²) in [5, 5.41) is 20.1. The lowest BCUT2D eigenvalue weighted by Gasteiger charge is -2.05. The zero-order valence-corrected chi connectivity index (χ0v) is 13.6. The van der Waals surface area contributed by atoms with E-state index in [1.54, 1.807) is 19.9 Å². The predicted molar refractivity (Wildman–Crippen MR) is 84.4 cm³/mol. The van der Waals surface area contributed by atoms with E-state index in [0.717, 1.165) is 12.8 Å². The molecular formula is C15H18N2O4S. The molecule has 1 aromatic heterocycles. The molecule has 1 heterocycles. The lowest BCUT2D eigenvalue weighted by atomic mass is 10.2. The van der Waals surface area contributed by atoms with Crippen LogP contribution in [0.3, 0.4) is 0 Å². The second kappa shape index (κ2) is 8.29. The lowest BCUT2D eigenvalue weighted by Crippen LogP contribution is -2.12. The third-order valence-corrected chi connectivity index (χ3v) is 3.86. The molecule has 1 aromatic rings. The Morgan fingerprint density at radius 1 is 1.59 bits per heavy atom. The fourth-order valence-electron chi connectivity index (χ4n) is 1.74. The second-order valence-corrected chi connectivity index (χ2v) is 6.11. The van der Waals surface area contributed by atoms with Crippen LogP contribution >= 0.6 is 11.3 Å². The first-order valence-electron chi connectivity index (χ1n) is 6.98. The van der Waals surface area contributed by atoms with Crippen LogP contribution in [0.5, 0.6) is 0 Å². The quantitative estimate of drug-likeness (QED) is 0.250. The highest BCUT2D eigenvalue weighted by atomic mass is 32.1. The molecule has 0 aliphatic carbocycles. The molecule has 0 aliphatic rings. The Balaban J connectivity index is 3.09. The van der Waals surface area contributed by atoms with Crippen molar-refractivity contribution in [2.45, 2.75) is 46.1 Å². The maximum atomic E-state index is 11.7. The number of thiophene rings is 1. The second-order valence-electron chi connectivity index (χ2n) is 4.94. The lowest BCUT2D eigenvalue weighted by molar-refractivity contribution is -0.385. The van der Waals surface area contributed by atoms with E-state index in [9.17, 15) is 14.9 Å². The van der Waals surface area contributed by atoms with Crippen LogP contribution in [0.4, 0.5) is 5.69 Å². The Labute approximate surface area is 133 Å². The summed E-state index contributed by atoms with van der Waals surface area (Å²) in [4.78, 5) is 23.5. The highest BCUT2D eigenvalue weighted by molar-refractivity contribution is 7.13. The Morgan fingerprint density at radius 2 is 2.27 bits per heavy atom. The minimum absolute atomic E-state index is 0.0409. The van der Waals surface area contributed by atoms with Crippen LogP contribution in [0, 0.1) is 21.4 Å². The van der Waals surface area contributed by atoms with Crippen LogP contribution in [0.15, 0.2) is 11.6 Å². The highest BCUT2D eigenvalue weighted by Crippen LogP contribution is 2.32. The maximum absolute atomic E-state index is 11.7. The number of rotatable bonds is 7. The van der Waals surface area contributed by atoms with E-state index < -0.39 is 10.9 Å². The summed E-state index contributed by atoms with van der Waals surface area (Å²) in [5.41, 5.74) is -0.119. The summed E-state index contributed by atoms with van der Waals surface area (Å²) in [6.45, 7) is 5.38. The third-order valence-electron chi connectivity index (χ3n) is 2.73. The van der Waals surface area contributed by atoms with Crippen molar-refractivity contribution in [3.63, 3.8) is 0 Å². The smallest absolute Gasteiger partial charge is 0.349 e. The molecule has 7 heteroatoms. The molecule has 0 saturated heterocycles. The third kappa shape index (κ3) is 4.97. The number of ether oxygens (including phenoxy) is 1. The van der Waals surface area contributed by atoms with Gasteiger partial charge in [0.05, 0.1) is 15.9 Å². The van der Waals surface area contributed by atoms with Crippen LogP contribution in [0.1, 0.15) is 43.4 Å². The van der Waals surface area contributed by atoms with Gasteiger partial charge in [0.1, 0.15) is 11.6 Å². The first-order valence-corrected chi connectivity index (χ1v) is 7.80. The van der Waals surface area contributed by atoms with E-state index in [2.05, 4.69) is 0 Å². The SMILES string of the molecule is CCCCc1sc(/C=C(/C#N)C(=O)OC(C)C)cc1[N+](=O)[O-]. The maximum Gasteiger partial charge on any atom is 0.349 e. The van der Waals surface area contributed by atoms with Crippen LogP contribution < -0.4 is 0 Å². The Bertz CT molecular complexity index is 626. The van der Waals surface area contributed by atoms with Crippen molar-refractivity contribution in [1.29, 1.82) is 5.26 Å². The van der Waals surface area contributed by atoms with Crippen molar-refractivity contribution < 1.29 is 14.5 Å². The number of nitrogens with zero attached hydrogens (tertiary/aromatic N) is 2. The molecule has 1 rings (SSSR count). The van der Waals surface area contributed by atoms with Crippen molar-refractivity contribution >= 4 is 29.1 Å². The molecule has 0 aromatic carbocycles. The van der Waals surface area contributed by atoms with Crippen molar-refractivity contribution in [3.8, 4) is 6.07 Å². The first-order chi connectivity index (χ1) is 10.4. The van der Waals surface area contributed by atoms with Gasteiger partial charge in [-0.05, 0) is 32.8 Å². The van der Waals surface area contributed by atoms with Crippen LogP contribution in [0.2, 0.25) is 0 Å². The molecule has 0 bridgehead atoms. The fourth-order valence-corrected chi connectivity index (χ4v) is 2.85. The number of aryl methyl sites for hydroxylation is 1. The van der Waals surface area contributed by atoms with Gasteiger partial charge in [-0.1, -0.05) is 13.3 Å². The molecule has 0 aliphatic heterocycles. The summed E-state index contributed by atoms with van der Waals surface area (Å²) in [6, 6.07) is 3.18. The normalized spacial score (nSPS) is 11.3. The number of carbonyl (C=O) groups is 1. The number of hydrogen-bond donors (Lipinski definition) is 0. The van der Waals surface area contributed by atoms with E-state index in [-0.39, 0.29) is 17.4 Å². The van der Waals surface area contributed by atoms with Gasteiger partial charge in [-0.3, -0.25) is 10.1 Å². The molecule has 6 nitrogen and oxygen atoms in total. The van der Waals surface area contributed by atoms with Crippen LogP contribution in [-0.4, -0.2) is 17.0 Å². The zero-order chi connectivity index (χ0) is 16.7. The molecule has 0 atom stereocenters. The van der Waals surface area contributed by atoms with Gasteiger partial charge in [0, 0.05) is 10.9 Å². The topological polar surface area (TPSA) is 93.2 Å². The van der Waals surface area contributed by atoms with Crippen LogP contribution in [0.25, 0.3) is 6.08 Å². The number of esters is 1. The molecular weight excluding hydrogens is 304 g/mol. The standard InChI is InChI=1S/C15H18N2O4S/c1-4-5-6-14-13(17(19)20)8-12(22-14)7-11(9-16)15(18)21-10(2)3/h7-8,10H,4-6H2,1-3H3/b11-7-. The highest BCUT2D eigenvalue weighted by Gasteiger charge is 2.19. The van der Waals surface area contributed by atoms with E-state index >= 15 is 0 Å². The van der Waals surface area contributed by atoms with Crippen molar-refractivity contribution in [2.75, 3.05) is 0 Å². The summed E-state index contributed by atoms with van der Waals surface area (Å²) in [7, 11) is 0. The van der Waals surface area contributed by atoms with Gasteiger partial charge in [-0.2, -0.15) is 5.26 Å². The van der Waals surface area contributed by atoms with Crippen molar-refractivity contribution in [1.82, 2.24) is 0 Å².